The number of ether oxygens (including phenoxy) is 1. The van der Waals surface area contributed by atoms with Crippen molar-refractivity contribution >= 4 is 39.9 Å². The van der Waals surface area contributed by atoms with Crippen LogP contribution in [0.25, 0.3) is 0 Å². The molecule has 0 saturated carbocycles. The number of amides is 1. The largest absolute Gasteiger partial charge is 0.465 e. The predicted octanol–water partition coefficient (Wildman–Crippen LogP) is 1.89. The number of likely N-dealkylation sites (N-methyl/N-ethyl adjacent to an activating group) is 2. The molecule has 1 heterocycles. The predicted molar refractivity (Wildman–Crippen MR) is 79.7 cm³/mol. The molecule has 8 heteroatoms. The highest BCUT2D eigenvalue weighted by molar-refractivity contribution is 7.18. The van der Waals surface area contributed by atoms with Crippen LogP contribution in [-0.2, 0) is 9.53 Å². The lowest BCUT2D eigenvalue weighted by Gasteiger charge is -2.22. The second kappa shape index (κ2) is 7.44. The number of thiazole rings is 1. The van der Waals surface area contributed by atoms with E-state index in [1.54, 1.807) is 16.8 Å². The summed E-state index contributed by atoms with van der Waals surface area (Å²) >= 11 is 7.00. The van der Waals surface area contributed by atoms with Crippen LogP contribution in [0.15, 0.2) is 0 Å². The first-order chi connectivity index (χ1) is 9.44. The zero-order valence-electron chi connectivity index (χ0n) is 12.0. The third kappa shape index (κ3) is 3.83. The molecule has 1 aromatic rings. The molecule has 0 N–H and O–H groups in total. The number of hydrogen-bond acceptors (Lipinski definition) is 6. The Labute approximate surface area is 127 Å². The van der Waals surface area contributed by atoms with Crippen molar-refractivity contribution in [3.05, 3.63) is 10.0 Å². The average molecular weight is 320 g/mol. The number of anilines is 1. The number of carbonyl (C=O) groups is 2. The molecule has 1 rings (SSSR count). The molecule has 0 saturated heterocycles. The number of carbonyl (C=O) groups excluding carboxylic acids is 2. The van der Waals surface area contributed by atoms with E-state index in [-0.39, 0.29) is 22.5 Å². The van der Waals surface area contributed by atoms with Crippen LogP contribution < -0.4 is 4.90 Å². The first kappa shape index (κ1) is 16.7. The van der Waals surface area contributed by atoms with E-state index in [1.165, 1.54) is 7.11 Å². The van der Waals surface area contributed by atoms with Crippen molar-refractivity contribution in [3.8, 4) is 0 Å². The van der Waals surface area contributed by atoms with Crippen molar-refractivity contribution in [2.24, 2.45) is 0 Å². The fraction of sp³-hybridized carbons (Fsp3) is 0.583. The highest BCUT2D eigenvalue weighted by Gasteiger charge is 2.21. The molecule has 0 radical (unpaired) electrons. The fourth-order valence-electron chi connectivity index (χ4n) is 1.62. The molecular formula is C12H18ClN3O3S. The molecule has 0 aliphatic heterocycles. The summed E-state index contributed by atoms with van der Waals surface area (Å²) in [6.07, 6.45) is 0. The molecule has 0 bridgehead atoms. The summed E-state index contributed by atoms with van der Waals surface area (Å²) in [5.41, 5.74) is 0. The van der Waals surface area contributed by atoms with Gasteiger partial charge in [-0.1, -0.05) is 22.9 Å². The molecule has 20 heavy (non-hydrogen) atoms. The molecule has 6 nitrogen and oxygen atoms in total. The minimum absolute atomic E-state index is 0.00319. The van der Waals surface area contributed by atoms with Gasteiger partial charge in [0.05, 0.1) is 13.7 Å². The van der Waals surface area contributed by atoms with Crippen LogP contribution in [0.3, 0.4) is 0 Å². The third-order valence-electron chi connectivity index (χ3n) is 2.76. The van der Waals surface area contributed by atoms with Crippen LogP contribution >= 0.6 is 22.9 Å². The number of rotatable bonds is 6. The lowest BCUT2D eigenvalue weighted by atomic mass is 10.4. The van der Waals surface area contributed by atoms with E-state index in [9.17, 15) is 9.59 Å². The van der Waals surface area contributed by atoms with E-state index in [1.807, 2.05) is 13.8 Å². The number of esters is 1. The second-order valence-electron chi connectivity index (χ2n) is 4.03. The van der Waals surface area contributed by atoms with Gasteiger partial charge < -0.3 is 14.5 Å². The summed E-state index contributed by atoms with van der Waals surface area (Å²) in [4.78, 5) is 31.2. The molecule has 0 unspecified atom stereocenters. The summed E-state index contributed by atoms with van der Waals surface area (Å²) in [6, 6.07) is 0. The van der Waals surface area contributed by atoms with Crippen molar-refractivity contribution in [3.63, 3.8) is 0 Å². The van der Waals surface area contributed by atoms with Gasteiger partial charge in [0.1, 0.15) is 0 Å². The Morgan fingerprint density at radius 2 is 1.95 bits per heavy atom. The monoisotopic (exact) mass is 319 g/mol. The molecule has 1 aromatic heterocycles. The molecular weight excluding hydrogens is 302 g/mol. The normalized spacial score (nSPS) is 10.2. The minimum atomic E-state index is -0.526. The molecule has 0 aliphatic rings. The van der Waals surface area contributed by atoms with Gasteiger partial charge in [0, 0.05) is 20.1 Å². The molecule has 1 amide bonds. The van der Waals surface area contributed by atoms with Crippen molar-refractivity contribution in [2.45, 2.75) is 13.8 Å². The Kier molecular flexibility index (Phi) is 6.22. The van der Waals surface area contributed by atoms with Crippen molar-refractivity contribution in [2.75, 3.05) is 38.7 Å². The molecule has 0 atom stereocenters. The summed E-state index contributed by atoms with van der Waals surface area (Å²) in [6.45, 7) is 5.37. The highest BCUT2D eigenvalue weighted by Crippen LogP contribution is 2.29. The maximum atomic E-state index is 12.0. The number of halogens is 1. The first-order valence-corrected chi connectivity index (χ1v) is 7.37. The van der Waals surface area contributed by atoms with Gasteiger partial charge >= 0.3 is 5.97 Å². The van der Waals surface area contributed by atoms with Crippen LogP contribution in [0.2, 0.25) is 5.15 Å². The van der Waals surface area contributed by atoms with Crippen LogP contribution in [-0.4, -0.2) is 55.6 Å². The molecule has 112 valence electrons. The maximum absolute atomic E-state index is 12.0. The third-order valence-corrected chi connectivity index (χ3v) is 4.30. The Bertz CT molecular complexity index is 488. The Balaban J connectivity index is 2.80. The van der Waals surface area contributed by atoms with Crippen molar-refractivity contribution in [1.82, 2.24) is 9.88 Å². The second-order valence-corrected chi connectivity index (χ2v) is 5.37. The van der Waals surface area contributed by atoms with Crippen LogP contribution in [0.5, 0.6) is 0 Å². The number of nitrogens with zero attached hydrogens (tertiary/aromatic N) is 3. The van der Waals surface area contributed by atoms with Crippen LogP contribution in [0, 0.1) is 0 Å². The Morgan fingerprint density at radius 3 is 2.45 bits per heavy atom. The summed E-state index contributed by atoms with van der Waals surface area (Å²) in [5.74, 6) is -0.523. The van der Waals surface area contributed by atoms with Gasteiger partial charge in [-0.25, -0.2) is 9.78 Å². The lowest BCUT2D eigenvalue weighted by molar-refractivity contribution is -0.129. The summed E-state index contributed by atoms with van der Waals surface area (Å²) < 4.78 is 4.62. The zero-order valence-corrected chi connectivity index (χ0v) is 13.5. The van der Waals surface area contributed by atoms with E-state index >= 15 is 0 Å². The van der Waals surface area contributed by atoms with Gasteiger partial charge in [0.25, 0.3) is 0 Å². The quantitative estimate of drug-likeness (QED) is 0.749. The van der Waals surface area contributed by atoms with Crippen molar-refractivity contribution in [1.29, 1.82) is 0 Å². The molecule has 0 fully saturated rings. The van der Waals surface area contributed by atoms with Gasteiger partial charge in [-0.2, -0.15) is 0 Å². The number of methoxy groups -OCH3 is 1. The van der Waals surface area contributed by atoms with E-state index in [0.29, 0.717) is 18.2 Å². The van der Waals surface area contributed by atoms with E-state index in [4.69, 9.17) is 11.6 Å². The summed E-state index contributed by atoms with van der Waals surface area (Å²) in [5, 5.41) is 0.606. The lowest BCUT2D eigenvalue weighted by Crippen LogP contribution is -2.38. The topological polar surface area (TPSA) is 62.7 Å². The van der Waals surface area contributed by atoms with Gasteiger partial charge in [0.2, 0.25) is 5.91 Å². The van der Waals surface area contributed by atoms with Gasteiger partial charge in [-0.15, -0.1) is 0 Å². The minimum Gasteiger partial charge on any atom is -0.465 e. The standard InChI is InChI=1S/C12H18ClN3O3S/c1-5-16(6-2)8(17)7-15(3)12-14-10(13)9(20-12)11(18)19-4/h5-7H2,1-4H3. The molecule has 0 aromatic carbocycles. The summed E-state index contributed by atoms with van der Waals surface area (Å²) in [7, 11) is 3.02. The maximum Gasteiger partial charge on any atom is 0.351 e. The Morgan fingerprint density at radius 1 is 1.35 bits per heavy atom. The van der Waals surface area contributed by atoms with Crippen LogP contribution in [0.1, 0.15) is 23.5 Å². The SMILES string of the molecule is CCN(CC)C(=O)CN(C)c1nc(Cl)c(C(=O)OC)s1. The average Bonchev–Trinajstić information content (AvgIpc) is 2.81. The Hall–Kier alpha value is -1.34. The number of aromatic nitrogens is 1. The zero-order chi connectivity index (χ0) is 15.3. The van der Waals surface area contributed by atoms with Gasteiger partial charge in [-0.3, -0.25) is 4.79 Å². The molecule has 0 spiro atoms. The smallest absolute Gasteiger partial charge is 0.351 e. The number of hydrogen-bond donors (Lipinski definition) is 0. The van der Waals surface area contributed by atoms with Crippen LogP contribution in [0.4, 0.5) is 5.13 Å². The van der Waals surface area contributed by atoms with Crippen molar-refractivity contribution < 1.29 is 14.3 Å². The van der Waals surface area contributed by atoms with E-state index < -0.39 is 5.97 Å². The first-order valence-electron chi connectivity index (χ1n) is 6.18. The fourth-order valence-corrected chi connectivity index (χ4v) is 2.78. The molecule has 0 aliphatic carbocycles. The van der Waals surface area contributed by atoms with E-state index in [0.717, 1.165) is 11.3 Å². The van der Waals surface area contributed by atoms with Gasteiger partial charge in [-0.05, 0) is 13.8 Å². The van der Waals surface area contributed by atoms with Gasteiger partial charge in [0.15, 0.2) is 15.2 Å². The highest BCUT2D eigenvalue weighted by atomic mass is 35.5. The van der Waals surface area contributed by atoms with E-state index in [2.05, 4.69) is 9.72 Å².